The van der Waals surface area contributed by atoms with Gasteiger partial charge in [-0.3, -0.25) is 0 Å². The molecule has 92 valence electrons. The van der Waals surface area contributed by atoms with E-state index in [0.29, 0.717) is 18.7 Å². The van der Waals surface area contributed by atoms with Crippen LogP contribution in [0.15, 0.2) is 24.3 Å². The third-order valence-corrected chi connectivity index (χ3v) is 3.38. The summed E-state index contributed by atoms with van der Waals surface area (Å²) in [4.78, 5) is 11.7. The van der Waals surface area contributed by atoms with E-state index in [1.54, 1.807) is 12.1 Å². The van der Waals surface area contributed by atoms with Crippen molar-refractivity contribution < 1.29 is 9.53 Å². The molecule has 0 aliphatic heterocycles. The minimum atomic E-state index is -0.236. The lowest BCUT2D eigenvalue weighted by Crippen LogP contribution is -2.15. The molecule has 0 radical (unpaired) electrons. The number of ether oxygens (including phenoxy) is 1. The van der Waals surface area contributed by atoms with Gasteiger partial charge in [0.25, 0.3) is 0 Å². The summed E-state index contributed by atoms with van der Waals surface area (Å²) in [6.07, 6.45) is 4.92. The van der Waals surface area contributed by atoms with Gasteiger partial charge in [-0.15, -0.1) is 0 Å². The van der Waals surface area contributed by atoms with Gasteiger partial charge in [-0.25, -0.2) is 4.79 Å². The maximum Gasteiger partial charge on any atom is 0.338 e. The third-order valence-electron chi connectivity index (χ3n) is 3.38. The minimum Gasteiger partial charge on any atom is -0.462 e. The van der Waals surface area contributed by atoms with Crippen LogP contribution in [0.4, 0.5) is 0 Å². The van der Waals surface area contributed by atoms with E-state index in [-0.39, 0.29) is 5.97 Å². The first-order valence-corrected chi connectivity index (χ1v) is 6.25. The number of hydrogen-bond donors (Lipinski definition) is 1. The van der Waals surface area contributed by atoms with Crippen molar-refractivity contribution in [3.63, 3.8) is 0 Å². The maximum absolute atomic E-state index is 11.7. The van der Waals surface area contributed by atoms with Gasteiger partial charge in [-0.05, 0) is 30.0 Å². The summed E-state index contributed by atoms with van der Waals surface area (Å²) in [5.74, 6) is 0.540. The zero-order chi connectivity index (χ0) is 12.1. The zero-order valence-corrected chi connectivity index (χ0v) is 10.0. The molecular weight excluding hydrogens is 214 g/mol. The van der Waals surface area contributed by atoms with E-state index < -0.39 is 0 Å². The molecule has 1 aromatic carbocycles. The Morgan fingerprint density at radius 3 is 2.88 bits per heavy atom. The number of hydrogen-bond acceptors (Lipinski definition) is 3. The molecule has 1 fully saturated rings. The fourth-order valence-electron chi connectivity index (χ4n) is 2.01. The highest BCUT2D eigenvalue weighted by Crippen LogP contribution is 2.29. The Kier molecular flexibility index (Phi) is 4.15. The normalized spacial score (nSPS) is 15.4. The van der Waals surface area contributed by atoms with Crippen LogP contribution in [0.3, 0.4) is 0 Å². The highest BCUT2D eigenvalue weighted by atomic mass is 16.5. The second kappa shape index (κ2) is 5.82. The SMILES string of the molecule is NCc1cccc(C(=O)OCCC2CCC2)c1. The Morgan fingerprint density at radius 2 is 2.24 bits per heavy atom. The molecule has 1 aromatic rings. The summed E-state index contributed by atoms with van der Waals surface area (Å²) in [6, 6.07) is 7.31. The Balaban J connectivity index is 1.81. The van der Waals surface area contributed by atoms with E-state index in [2.05, 4.69) is 0 Å². The third kappa shape index (κ3) is 3.30. The van der Waals surface area contributed by atoms with Gasteiger partial charge in [0.2, 0.25) is 0 Å². The van der Waals surface area contributed by atoms with E-state index in [1.165, 1.54) is 19.3 Å². The van der Waals surface area contributed by atoms with Gasteiger partial charge in [0.15, 0.2) is 0 Å². The summed E-state index contributed by atoms with van der Waals surface area (Å²) in [5, 5.41) is 0. The number of esters is 1. The molecule has 0 atom stereocenters. The van der Waals surface area contributed by atoms with Crippen LogP contribution in [0.5, 0.6) is 0 Å². The number of benzene rings is 1. The second-order valence-electron chi connectivity index (χ2n) is 4.63. The van der Waals surface area contributed by atoms with E-state index in [0.717, 1.165) is 17.9 Å². The molecule has 2 rings (SSSR count). The molecule has 3 nitrogen and oxygen atoms in total. The lowest BCUT2D eigenvalue weighted by atomic mass is 9.83. The number of rotatable bonds is 5. The Hall–Kier alpha value is -1.35. The Morgan fingerprint density at radius 1 is 1.41 bits per heavy atom. The quantitative estimate of drug-likeness (QED) is 0.795. The molecule has 0 bridgehead atoms. The van der Waals surface area contributed by atoms with Crippen LogP contribution in [0.1, 0.15) is 41.6 Å². The Bertz CT molecular complexity index is 386. The van der Waals surface area contributed by atoms with E-state index in [1.807, 2.05) is 12.1 Å². The molecule has 1 aliphatic carbocycles. The van der Waals surface area contributed by atoms with Gasteiger partial charge in [0.05, 0.1) is 12.2 Å². The summed E-state index contributed by atoms with van der Waals surface area (Å²) in [5.41, 5.74) is 7.09. The molecule has 3 heteroatoms. The number of nitrogens with two attached hydrogens (primary N) is 1. The molecule has 0 heterocycles. The van der Waals surface area contributed by atoms with Crippen LogP contribution >= 0.6 is 0 Å². The van der Waals surface area contributed by atoms with Crippen molar-refractivity contribution in [1.82, 2.24) is 0 Å². The van der Waals surface area contributed by atoms with Crippen molar-refractivity contribution in [3.8, 4) is 0 Å². The smallest absolute Gasteiger partial charge is 0.338 e. The van der Waals surface area contributed by atoms with Crippen molar-refractivity contribution in [2.24, 2.45) is 11.7 Å². The van der Waals surface area contributed by atoms with Crippen LogP contribution in [0, 0.1) is 5.92 Å². The molecule has 0 saturated heterocycles. The predicted molar refractivity (Wildman–Crippen MR) is 66.6 cm³/mol. The van der Waals surface area contributed by atoms with Gasteiger partial charge in [0.1, 0.15) is 0 Å². The van der Waals surface area contributed by atoms with Gasteiger partial charge in [0, 0.05) is 6.54 Å². The first-order valence-electron chi connectivity index (χ1n) is 6.25. The molecule has 0 spiro atoms. The van der Waals surface area contributed by atoms with Crippen LogP contribution in [0.25, 0.3) is 0 Å². The molecule has 2 N–H and O–H groups in total. The molecular formula is C14H19NO2. The van der Waals surface area contributed by atoms with Gasteiger partial charge in [-0.1, -0.05) is 31.4 Å². The van der Waals surface area contributed by atoms with Gasteiger partial charge < -0.3 is 10.5 Å². The van der Waals surface area contributed by atoms with Gasteiger partial charge in [-0.2, -0.15) is 0 Å². The molecule has 17 heavy (non-hydrogen) atoms. The minimum absolute atomic E-state index is 0.236. The van der Waals surface area contributed by atoms with Crippen molar-refractivity contribution in [3.05, 3.63) is 35.4 Å². The van der Waals surface area contributed by atoms with E-state index in [4.69, 9.17) is 10.5 Å². The first kappa shape index (κ1) is 12.1. The van der Waals surface area contributed by atoms with Crippen molar-refractivity contribution in [2.45, 2.75) is 32.2 Å². The lowest BCUT2D eigenvalue weighted by molar-refractivity contribution is 0.0464. The zero-order valence-electron chi connectivity index (χ0n) is 10.0. The van der Waals surface area contributed by atoms with Crippen molar-refractivity contribution in [2.75, 3.05) is 6.61 Å². The molecule has 1 aliphatic rings. The Labute approximate surface area is 102 Å². The number of carbonyl (C=O) groups is 1. The van der Waals surface area contributed by atoms with Crippen molar-refractivity contribution >= 4 is 5.97 Å². The van der Waals surface area contributed by atoms with Crippen LogP contribution in [-0.4, -0.2) is 12.6 Å². The van der Waals surface area contributed by atoms with E-state index in [9.17, 15) is 4.79 Å². The summed E-state index contributed by atoms with van der Waals surface area (Å²) < 4.78 is 5.25. The average Bonchev–Trinajstić information content (AvgIpc) is 2.32. The van der Waals surface area contributed by atoms with Crippen LogP contribution in [-0.2, 0) is 11.3 Å². The number of carbonyl (C=O) groups excluding carboxylic acids is 1. The topological polar surface area (TPSA) is 52.3 Å². The fourth-order valence-corrected chi connectivity index (χ4v) is 2.01. The second-order valence-corrected chi connectivity index (χ2v) is 4.63. The standard InChI is InChI=1S/C14H19NO2/c15-10-12-5-2-6-13(9-12)14(16)17-8-7-11-3-1-4-11/h2,5-6,9,11H,1,3-4,7-8,10,15H2. The highest BCUT2D eigenvalue weighted by molar-refractivity contribution is 5.89. The fraction of sp³-hybridized carbons (Fsp3) is 0.500. The predicted octanol–water partition coefficient (Wildman–Crippen LogP) is 2.49. The lowest BCUT2D eigenvalue weighted by Gasteiger charge is -2.24. The monoisotopic (exact) mass is 233 g/mol. The highest BCUT2D eigenvalue weighted by Gasteiger charge is 2.17. The molecule has 1 saturated carbocycles. The van der Waals surface area contributed by atoms with Crippen molar-refractivity contribution in [1.29, 1.82) is 0 Å². The molecule has 0 amide bonds. The summed E-state index contributed by atoms with van der Waals surface area (Å²) in [6.45, 7) is 0.986. The average molecular weight is 233 g/mol. The van der Waals surface area contributed by atoms with Gasteiger partial charge >= 0.3 is 5.97 Å². The summed E-state index contributed by atoms with van der Waals surface area (Å²) >= 11 is 0. The van der Waals surface area contributed by atoms with E-state index >= 15 is 0 Å². The molecule has 0 unspecified atom stereocenters. The van der Waals surface area contributed by atoms with Crippen LogP contribution in [0.2, 0.25) is 0 Å². The largest absolute Gasteiger partial charge is 0.462 e. The van der Waals surface area contributed by atoms with Crippen LogP contribution < -0.4 is 5.73 Å². The summed E-state index contributed by atoms with van der Waals surface area (Å²) in [7, 11) is 0. The first-order chi connectivity index (χ1) is 8.29. The molecule has 0 aromatic heterocycles. The maximum atomic E-state index is 11.7.